The number of phenols is 1. The van der Waals surface area contributed by atoms with Gasteiger partial charge in [-0.15, -0.1) is 11.8 Å². The van der Waals surface area contributed by atoms with E-state index in [1.54, 1.807) is 12.1 Å². The van der Waals surface area contributed by atoms with E-state index in [1.165, 1.54) is 44.2 Å². The first-order valence-corrected chi connectivity index (χ1v) is 12.9. The molecule has 218 valence electrons. The molecule has 3 rings (SSSR count). The van der Waals surface area contributed by atoms with Gasteiger partial charge < -0.3 is 41.0 Å². The lowest BCUT2D eigenvalue weighted by atomic mass is 10.1. The number of thioether (sulfide) groups is 1. The number of primary amides is 1. The lowest BCUT2D eigenvalue weighted by molar-refractivity contribution is -0.162. The van der Waals surface area contributed by atoms with Gasteiger partial charge in [0.25, 0.3) is 5.91 Å². The van der Waals surface area contributed by atoms with Gasteiger partial charge in [-0.25, -0.2) is 9.59 Å². The number of methoxy groups -OCH3 is 2. The van der Waals surface area contributed by atoms with Crippen molar-refractivity contribution in [3.8, 4) is 5.75 Å². The largest absolute Gasteiger partial charge is 0.508 e. The molecule has 2 aliphatic rings. The number of carboxylic acid groups (broad SMARTS) is 2. The SMILES string of the molecule is COC(=Cc1ccc(O)cc1)C(=O)OCC1=C(C(=O)O)N2C(=O)[C@@H](OC)[C@@H]2SC1.NC(=O)CCCC(N)C(=O)O. The lowest BCUT2D eigenvalue weighted by Crippen LogP contribution is -2.65. The first-order valence-electron chi connectivity index (χ1n) is 11.8. The molecule has 3 atom stereocenters. The molecule has 0 aliphatic carbocycles. The number of amides is 2. The van der Waals surface area contributed by atoms with Crippen LogP contribution in [-0.2, 0) is 38.2 Å². The molecule has 7 N–H and O–H groups in total. The second-order valence-corrected chi connectivity index (χ2v) is 9.61. The van der Waals surface area contributed by atoms with E-state index in [9.17, 15) is 34.2 Å². The predicted molar refractivity (Wildman–Crippen MR) is 141 cm³/mol. The number of aromatic hydroxyl groups is 1. The van der Waals surface area contributed by atoms with Crippen LogP contribution >= 0.6 is 11.8 Å². The summed E-state index contributed by atoms with van der Waals surface area (Å²) in [5.41, 5.74) is 10.7. The third-order valence-corrected chi connectivity index (χ3v) is 7.01. The van der Waals surface area contributed by atoms with Crippen LogP contribution in [0.2, 0.25) is 0 Å². The van der Waals surface area contributed by atoms with Gasteiger partial charge in [0.1, 0.15) is 29.5 Å². The van der Waals surface area contributed by atoms with Gasteiger partial charge in [0, 0.05) is 24.9 Å². The van der Waals surface area contributed by atoms with Crippen LogP contribution in [0.5, 0.6) is 5.75 Å². The number of hydrogen-bond acceptors (Lipinski definition) is 11. The Morgan fingerprint density at radius 3 is 2.35 bits per heavy atom. The highest BCUT2D eigenvalue weighted by Crippen LogP contribution is 2.41. The van der Waals surface area contributed by atoms with E-state index in [4.69, 9.17) is 30.8 Å². The van der Waals surface area contributed by atoms with Crippen molar-refractivity contribution < 1.29 is 53.5 Å². The van der Waals surface area contributed by atoms with Gasteiger partial charge in [0.05, 0.1) is 7.11 Å². The van der Waals surface area contributed by atoms with Crippen molar-refractivity contribution in [3.05, 3.63) is 46.9 Å². The number of β-lactam (4-membered cyclic amide) rings is 1. The summed E-state index contributed by atoms with van der Waals surface area (Å²) < 4.78 is 15.4. The van der Waals surface area contributed by atoms with Crippen LogP contribution < -0.4 is 11.5 Å². The maximum Gasteiger partial charge on any atom is 0.373 e. The fourth-order valence-electron chi connectivity index (χ4n) is 3.61. The zero-order valence-corrected chi connectivity index (χ0v) is 22.6. The maximum atomic E-state index is 12.3. The number of rotatable bonds is 12. The summed E-state index contributed by atoms with van der Waals surface area (Å²) in [6.45, 7) is -0.294. The Morgan fingerprint density at radius 1 is 1.18 bits per heavy atom. The van der Waals surface area contributed by atoms with Crippen molar-refractivity contribution >= 4 is 47.6 Å². The maximum absolute atomic E-state index is 12.3. The number of nitrogens with zero attached hydrogens (tertiary/aromatic N) is 1. The van der Waals surface area contributed by atoms with Crippen LogP contribution in [0, 0.1) is 0 Å². The molecule has 2 heterocycles. The van der Waals surface area contributed by atoms with Crippen molar-refractivity contribution in [2.75, 3.05) is 26.6 Å². The van der Waals surface area contributed by atoms with Gasteiger partial charge in [-0.2, -0.15) is 0 Å². The molecule has 14 nitrogen and oxygen atoms in total. The minimum Gasteiger partial charge on any atom is -0.508 e. The minimum atomic E-state index is -1.27. The monoisotopic (exact) mass is 581 g/mol. The second kappa shape index (κ2) is 14.9. The number of benzene rings is 1. The average molecular weight is 582 g/mol. The van der Waals surface area contributed by atoms with Gasteiger partial charge in [-0.05, 0) is 36.6 Å². The lowest BCUT2D eigenvalue weighted by Gasteiger charge is -2.48. The average Bonchev–Trinajstić information content (AvgIpc) is 2.91. The molecule has 2 amide bonds. The normalized spacial score (nSPS) is 18.9. The first kappa shape index (κ1) is 32.1. The number of fused-ring (bicyclic) bond motifs is 1. The Hall–Kier alpha value is -4.08. The first-order chi connectivity index (χ1) is 18.9. The molecule has 0 radical (unpaired) electrons. The molecule has 15 heteroatoms. The Kier molecular flexibility index (Phi) is 12.0. The summed E-state index contributed by atoms with van der Waals surface area (Å²) >= 11 is 1.35. The molecule has 0 spiro atoms. The number of aliphatic carboxylic acids is 2. The highest BCUT2D eigenvalue weighted by atomic mass is 32.2. The number of hydrogen-bond donors (Lipinski definition) is 5. The third-order valence-electron chi connectivity index (χ3n) is 5.70. The predicted octanol–water partition coefficient (Wildman–Crippen LogP) is 0.245. The van der Waals surface area contributed by atoms with Crippen molar-refractivity contribution in [2.24, 2.45) is 11.5 Å². The molecule has 1 aromatic rings. The number of phenolic OH excluding ortho intramolecular Hbond substituents is 1. The minimum absolute atomic E-state index is 0.0844. The van der Waals surface area contributed by atoms with Crippen LogP contribution in [-0.4, -0.2) is 94.0 Å². The van der Waals surface area contributed by atoms with E-state index in [0.29, 0.717) is 17.6 Å². The zero-order valence-electron chi connectivity index (χ0n) is 21.8. The van der Waals surface area contributed by atoms with Crippen LogP contribution in [0.4, 0.5) is 0 Å². The molecule has 0 saturated carbocycles. The van der Waals surface area contributed by atoms with Crippen molar-refractivity contribution in [1.82, 2.24) is 4.90 Å². The fourth-order valence-corrected chi connectivity index (χ4v) is 4.96. The standard InChI is InChI=1S/C19H19NO8S.C6H12N2O3/c1-26-13(7-10-3-5-12(21)6-4-10)19(25)28-8-11-9-29-17-15(27-2)16(22)20(17)14(11)18(23)24;7-4(6(10)11)2-1-3-5(8)9/h3-7,15,17,21H,8-9H2,1-2H3,(H,23,24);4H,1-3,7H2,(H2,8,9)(H,10,11)/t15-,17+;/m1./s1. The summed E-state index contributed by atoms with van der Waals surface area (Å²) in [4.78, 5) is 57.7. The van der Waals surface area contributed by atoms with Crippen LogP contribution in [0.1, 0.15) is 24.8 Å². The van der Waals surface area contributed by atoms with Gasteiger partial charge >= 0.3 is 17.9 Å². The molecule has 1 fully saturated rings. The highest BCUT2D eigenvalue weighted by molar-refractivity contribution is 8.00. The van der Waals surface area contributed by atoms with Gasteiger partial charge in [0.15, 0.2) is 6.10 Å². The molecule has 1 unspecified atom stereocenters. The van der Waals surface area contributed by atoms with E-state index in [1.807, 2.05) is 0 Å². The molecule has 0 aromatic heterocycles. The number of carbonyl (C=O) groups excluding carboxylic acids is 3. The van der Waals surface area contributed by atoms with Crippen molar-refractivity contribution in [2.45, 2.75) is 36.8 Å². The number of carboxylic acids is 2. The number of ether oxygens (including phenoxy) is 3. The van der Waals surface area contributed by atoms with Crippen LogP contribution in [0.15, 0.2) is 41.3 Å². The van der Waals surface area contributed by atoms with E-state index < -0.39 is 47.2 Å². The number of carbonyl (C=O) groups is 5. The van der Waals surface area contributed by atoms with E-state index in [0.717, 1.165) is 4.90 Å². The number of nitrogens with two attached hydrogens (primary N) is 2. The Balaban J connectivity index is 0.000000432. The Morgan fingerprint density at radius 2 is 1.82 bits per heavy atom. The molecular weight excluding hydrogens is 550 g/mol. The van der Waals surface area contributed by atoms with Crippen molar-refractivity contribution in [3.63, 3.8) is 0 Å². The van der Waals surface area contributed by atoms with Gasteiger partial charge in [-0.1, -0.05) is 12.1 Å². The van der Waals surface area contributed by atoms with Gasteiger partial charge in [0.2, 0.25) is 11.7 Å². The Bertz CT molecular complexity index is 1180. The van der Waals surface area contributed by atoms with Crippen molar-refractivity contribution in [1.29, 1.82) is 0 Å². The van der Waals surface area contributed by atoms with E-state index >= 15 is 0 Å². The summed E-state index contributed by atoms with van der Waals surface area (Å²) in [7, 11) is 2.70. The molecular formula is C25H31N3O11S. The molecule has 2 aliphatic heterocycles. The highest BCUT2D eigenvalue weighted by Gasteiger charge is 2.54. The van der Waals surface area contributed by atoms with E-state index in [-0.39, 0.29) is 42.4 Å². The zero-order chi connectivity index (χ0) is 30.0. The summed E-state index contributed by atoms with van der Waals surface area (Å²) in [6.07, 6.45) is 1.68. The topological polar surface area (TPSA) is 229 Å². The third kappa shape index (κ3) is 8.46. The summed E-state index contributed by atoms with van der Waals surface area (Å²) in [5.74, 6) is -3.68. The number of esters is 1. The quantitative estimate of drug-likeness (QED) is 0.0965. The summed E-state index contributed by atoms with van der Waals surface area (Å²) in [6, 6.07) is 5.22. The fraction of sp³-hybridized carbons (Fsp3) is 0.400. The van der Waals surface area contributed by atoms with Crippen LogP contribution in [0.25, 0.3) is 6.08 Å². The van der Waals surface area contributed by atoms with Crippen LogP contribution in [0.3, 0.4) is 0 Å². The molecule has 0 bridgehead atoms. The molecule has 40 heavy (non-hydrogen) atoms. The van der Waals surface area contributed by atoms with E-state index in [2.05, 4.69) is 0 Å². The smallest absolute Gasteiger partial charge is 0.373 e. The second-order valence-electron chi connectivity index (χ2n) is 8.51. The Labute approximate surface area is 233 Å². The molecule has 1 aromatic carbocycles. The van der Waals surface area contributed by atoms with Gasteiger partial charge in [-0.3, -0.25) is 19.3 Å². The summed E-state index contributed by atoms with van der Waals surface area (Å²) in [5, 5.41) is 26.8. The molecule has 1 saturated heterocycles.